The first-order valence-corrected chi connectivity index (χ1v) is 6.15. The fourth-order valence-electron chi connectivity index (χ4n) is 2.17. The van der Waals surface area contributed by atoms with E-state index < -0.39 is 12.1 Å². The Hall–Kier alpha value is -1.95. The molecule has 19 heavy (non-hydrogen) atoms. The lowest BCUT2D eigenvalue weighted by Crippen LogP contribution is -2.31. The Labute approximate surface area is 110 Å². The first kappa shape index (κ1) is 13.5. The molecule has 2 heterocycles. The van der Waals surface area contributed by atoms with Crippen molar-refractivity contribution in [3.8, 4) is 0 Å². The number of hydrogen-bond acceptors (Lipinski definition) is 4. The van der Waals surface area contributed by atoms with Crippen LogP contribution in [-0.2, 0) is 0 Å². The summed E-state index contributed by atoms with van der Waals surface area (Å²) in [5.74, 6) is -1.19. The molecule has 102 valence electrons. The standard InChI is InChI=1S/C13H16N2O4/c1-8(16)10-4-5-15(7-10)12(17)11-3-2-9(6-14-11)13(18)19/h2-3,6,8,10,16H,4-5,7H2,1H3,(H,18,19). The third-order valence-corrected chi connectivity index (χ3v) is 3.42. The van der Waals surface area contributed by atoms with Crippen molar-refractivity contribution in [3.05, 3.63) is 29.6 Å². The van der Waals surface area contributed by atoms with Gasteiger partial charge in [-0.05, 0) is 25.5 Å². The van der Waals surface area contributed by atoms with Crippen LogP contribution >= 0.6 is 0 Å². The summed E-state index contributed by atoms with van der Waals surface area (Å²) in [6, 6.07) is 2.78. The van der Waals surface area contributed by atoms with E-state index in [1.54, 1.807) is 11.8 Å². The lowest BCUT2D eigenvalue weighted by Gasteiger charge is -2.17. The number of carbonyl (C=O) groups excluding carboxylic acids is 1. The maximum Gasteiger partial charge on any atom is 0.337 e. The van der Waals surface area contributed by atoms with Crippen molar-refractivity contribution in [2.45, 2.75) is 19.4 Å². The molecule has 1 aromatic heterocycles. The van der Waals surface area contributed by atoms with Crippen LogP contribution in [0.5, 0.6) is 0 Å². The highest BCUT2D eigenvalue weighted by Crippen LogP contribution is 2.21. The minimum Gasteiger partial charge on any atom is -0.478 e. The second kappa shape index (κ2) is 5.36. The highest BCUT2D eigenvalue weighted by Gasteiger charge is 2.30. The van der Waals surface area contributed by atoms with Crippen molar-refractivity contribution in [2.75, 3.05) is 13.1 Å². The van der Waals surface area contributed by atoms with E-state index in [0.29, 0.717) is 13.1 Å². The zero-order valence-electron chi connectivity index (χ0n) is 10.6. The molecule has 0 aromatic carbocycles. The van der Waals surface area contributed by atoms with E-state index in [-0.39, 0.29) is 23.1 Å². The van der Waals surface area contributed by atoms with Crippen LogP contribution in [0, 0.1) is 5.92 Å². The molecule has 1 aromatic rings. The normalized spacial score (nSPS) is 20.3. The summed E-state index contributed by atoms with van der Waals surface area (Å²) in [5, 5.41) is 18.3. The number of pyridine rings is 1. The smallest absolute Gasteiger partial charge is 0.337 e. The van der Waals surface area contributed by atoms with Gasteiger partial charge in [0.05, 0.1) is 11.7 Å². The van der Waals surface area contributed by atoms with Gasteiger partial charge in [-0.1, -0.05) is 0 Å². The lowest BCUT2D eigenvalue weighted by atomic mass is 10.0. The number of likely N-dealkylation sites (tertiary alicyclic amines) is 1. The molecule has 6 heteroatoms. The van der Waals surface area contributed by atoms with E-state index in [1.165, 1.54) is 18.3 Å². The Bertz CT molecular complexity index is 484. The van der Waals surface area contributed by atoms with E-state index in [4.69, 9.17) is 5.11 Å². The second-order valence-corrected chi connectivity index (χ2v) is 4.78. The second-order valence-electron chi connectivity index (χ2n) is 4.78. The van der Waals surface area contributed by atoms with E-state index in [9.17, 15) is 14.7 Å². The van der Waals surface area contributed by atoms with Gasteiger partial charge in [-0.3, -0.25) is 9.78 Å². The number of hydrogen-bond donors (Lipinski definition) is 2. The zero-order chi connectivity index (χ0) is 14.0. The molecule has 1 fully saturated rings. The molecule has 0 radical (unpaired) electrons. The molecular weight excluding hydrogens is 248 g/mol. The van der Waals surface area contributed by atoms with Crippen molar-refractivity contribution in [2.24, 2.45) is 5.92 Å². The highest BCUT2D eigenvalue weighted by atomic mass is 16.4. The topological polar surface area (TPSA) is 90.7 Å². The van der Waals surface area contributed by atoms with Gasteiger partial charge in [0.1, 0.15) is 5.69 Å². The predicted octanol–water partition coefficient (Wildman–Crippen LogP) is 0.623. The monoisotopic (exact) mass is 264 g/mol. The van der Waals surface area contributed by atoms with Crippen molar-refractivity contribution in [1.82, 2.24) is 9.88 Å². The van der Waals surface area contributed by atoms with E-state index in [2.05, 4.69) is 4.98 Å². The molecule has 0 saturated carbocycles. The van der Waals surface area contributed by atoms with Crippen LogP contribution in [0.15, 0.2) is 18.3 Å². The number of aromatic carboxylic acids is 1. The fourth-order valence-corrected chi connectivity index (χ4v) is 2.17. The molecule has 2 N–H and O–H groups in total. The summed E-state index contributed by atoms with van der Waals surface area (Å²) in [5.41, 5.74) is 0.288. The van der Waals surface area contributed by atoms with Crippen LogP contribution in [-0.4, -0.2) is 51.2 Å². The summed E-state index contributed by atoms with van der Waals surface area (Å²) in [6.07, 6.45) is 1.52. The maximum atomic E-state index is 12.1. The summed E-state index contributed by atoms with van der Waals surface area (Å²) >= 11 is 0. The molecule has 6 nitrogen and oxygen atoms in total. The fraction of sp³-hybridized carbons (Fsp3) is 0.462. The third-order valence-electron chi connectivity index (χ3n) is 3.42. The Morgan fingerprint density at radius 1 is 1.47 bits per heavy atom. The lowest BCUT2D eigenvalue weighted by molar-refractivity contribution is 0.0692. The minimum atomic E-state index is -1.07. The molecule has 1 aliphatic rings. The van der Waals surface area contributed by atoms with E-state index in [1.807, 2.05) is 0 Å². The summed E-state index contributed by atoms with van der Waals surface area (Å²) in [4.78, 5) is 28.3. The Balaban J connectivity index is 2.06. The number of aromatic nitrogens is 1. The molecular formula is C13H16N2O4. The van der Waals surface area contributed by atoms with Gasteiger partial charge in [0.15, 0.2) is 0 Å². The average Bonchev–Trinajstić information content (AvgIpc) is 2.87. The molecule has 0 aliphatic carbocycles. The van der Waals surface area contributed by atoms with Crippen molar-refractivity contribution >= 4 is 11.9 Å². The average molecular weight is 264 g/mol. The number of aliphatic hydroxyl groups is 1. The number of aliphatic hydroxyl groups excluding tert-OH is 1. The number of nitrogens with zero attached hydrogens (tertiary/aromatic N) is 2. The van der Waals surface area contributed by atoms with Crippen LogP contribution in [0.3, 0.4) is 0 Å². The van der Waals surface area contributed by atoms with Crippen LogP contribution < -0.4 is 0 Å². The molecule has 1 saturated heterocycles. The maximum absolute atomic E-state index is 12.1. The quantitative estimate of drug-likeness (QED) is 0.835. The van der Waals surface area contributed by atoms with Gasteiger partial charge >= 0.3 is 5.97 Å². The first-order chi connectivity index (χ1) is 8.99. The van der Waals surface area contributed by atoms with E-state index in [0.717, 1.165) is 6.42 Å². The van der Waals surface area contributed by atoms with Crippen LogP contribution in [0.4, 0.5) is 0 Å². The molecule has 2 unspecified atom stereocenters. The number of carbonyl (C=O) groups is 2. The van der Waals surface area contributed by atoms with Gasteiger partial charge < -0.3 is 15.1 Å². The van der Waals surface area contributed by atoms with Gasteiger partial charge in [-0.25, -0.2) is 4.79 Å². The summed E-state index contributed by atoms with van der Waals surface area (Å²) in [6.45, 7) is 2.83. The molecule has 2 atom stereocenters. The number of carboxylic acid groups (broad SMARTS) is 1. The number of amides is 1. The Kier molecular flexibility index (Phi) is 3.80. The van der Waals surface area contributed by atoms with Crippen LogP contribution in [0.2, 0.25) is 0 Å². The van der Waals surface area contributed by atoms with Gasteiger partial charge in [-0.2, -0.15) is 0 Å². The van der Waals surface area contributed by atoms with Crippen molar-refractivity contribution in [1.29, 1.82) is 0 Å². The third kappa shape index (κ3) is 2.90. The first-order valence-electron chi connectivity index (χ1n) is 6.15. The van der Waals surface area contributed by atoms with Gasteiger partial charge in [0, 0.05) is 25.2 Å². The zero-order valence-corrected chi connectivity index (χ0v) is 10.6. The van der Waals surface area contributed by atoms with Crippen LogP contribution in [0.1, 0.15) is 34.2 Å². The molecule has 0 spiro atoms. The molecule has 1 amide bonds. The SMILES string of the molecule is CC(O)C1CCN(C(=O)c2ccc(C(=O)O)cn2)C1. The molecule has 1 aliphatic heterocycles. The molecule has 0 bridgehead atoms. The Morgan fingerprint density at radius 2 is 2.21 bits per heavy atom. The highest BCUT2D eigenvalue weighted by molar-refractivity contribution is 5.93. The summed E-state index contributed by atoms with van der Waals surface area (Å²) in [7, 11) is 0. The minimum absolute atomic E-state index is 0.0554. The number of rotatable bonds is 3. The summed E-state index contributed by atoms with van der Waals surface area (Å²) < 4.78 is 0. The number of carboxylic acids is 1. The largest absolute Gasteiger partial charge is 0.478 e. The van der Waals surface area contributed by atoms with Crippen molar-refractivity contribution < 1.29 is 19.8 Å². The molecule has 2 rings (SSSR count). The van der Waals surface area contributed by atoms with E-state index >= 15 is 0 Å². The Morgan fingerprint density at radius 3 is 2.68 bits per heavy atom. The van der Waals surface area contributed by atoms with Gasteiger partial charge in [-0.15, -0.1) is 0 Å². The van der Waals surface area contributed by atoms with Gasteiger partial charge in [0.2, 0.25) is 0 Å². The van der Waals surface area contributed by atoms with Crippen LogP contribution in [0.25, 0.3) is 0 Å². The van der Waals surface area contributed by atoms with Crippen molar-refractivity contribution in [3.63, 3.8) is 0 Å². The van der Waals surface area contributed by atoms with Gasteiger partial charge in [0.25, 0.3) is 5.91 Å². The predicted molar refractivity (Wildman–Crippen MR) is 66.9 cm³/mol.